The van der Waals surface area contributed by atoms with E-state index in [2.05, 4.69) is 84.9 Å². The quantitative estimate of drug-likeness (QED) is 0.202. The van der Waals surface area contributed by atoms with E-state index >= 15 is 0 Å². The second kappa shape index (κ2) is 11.0. The molecule has 0 spiro atoms. The van der Waals surface area contributed by atoms with Crippen LogP contribution in [-0.4, -0.2) is 39.9 Å². The molecule has 0 unspecified atom stereocenters. The van der Waals surface area contributed by atoms with Gasteiger partial charge in [-0.3, -0.25) is 5.41 Å². The number of nitrogens with one attached hydrogen (secondary N) is 2. The minimum atomic E-state index is 0.417. The molecule has 0 aliphatic heterocycles. The van der Waals surface area contributed by atoms with E-state index in [-0.39, 0.29) is 0 Å². The molecule has 2 heterocycles. The number of fused-ring (bicyclic) bond motifs is 1. The number of thiophene rings is 1. The standard InChI is InChI=1S/C28H35N5S/c1-5-32(6-2)15-16-33-25-14-13-23(30-28(29)26-8-7-17-34-26)19-24(25)31-27(33)18-21-9-11-22(12-10-21)20(3)4/h7-14,17,19-20H,5-6,15-16,18H2,1-4H3,(H2,29,30). The van der Waals surface area contributed by atoms with Crippen molar-refractivity contribution in [1.29, 1.82) is 5.41 Å². The third-order valence-corrected chi connectivity index (χ3v) is 7.29. The van der Waals surface area contributed by atoms with Crippen LogP contribution in [0.5, 0.6) is 0 Å². The lowest BCUT2D eigenvalue weighted by Crippen LogP contribution is -2.27. The topological polar surface area (TPSA) is 56.9 Å². The Morgan fingerprint density at radius 1 is 1.09 bits per heavy atom. The van der Waals surface area contributed by atoms with Crippen LogP contribution in [0.4, 0.5) is 5.69 Å². The van der Waals surface area contributed by atoms with Crippen LogP contribution < -0.4 is 5.32 Å². The number of likely N-dealkylation sites (N-methyl/N-ethyl adjacent to an activating group) is 1. The smallest absolute Gasteiger partial charge is 0.140 e. The lowest BCUT2D eigenvalue weighted by atomic mass is 10.0. The molecule has 5 nitrogen and oxygen atoms in total. The summed E-state index contributed by atoms with van der Waals surface area (Å²) >= 11 is 1.57. The van der Waals surface area contributed by atoms with Crippen LogP contribution in [-0.2, 0) is 13.0 Å². The third-order valence-electron chi connectivity index (χ3n) is 6.41. The SMILES string of the molecule is CCN(CC)CCn1c(Cc2ccc(C(C)C)cc2)nc2cc(NC(=N)c3cccs3)ccc21. The molecule has 34 heavy (non-hydrogen) atoms. The van der Waals surface area contributed by atoms with Gasteiger partial charge in [-0.15, -0.1) is 11.3 Å². The average molecular weight is 474 g/mol. The predicted molar refractivity (Wildman–Crippen MR) is 146 cm³/mol. The summed E-state index contributed by atoms with van der Waals surface area (Å²) in [7, 11) is 0. The van der Waals surface area contributed by atoms with Gasteiger partial charge in [-0.05, 0) is 59.8 Å². The Balaban J connectivity index is 1.63. The van der Waals surface area contributed by atoms with Crippen molar-refractivity contribution in [3.05, 3.63) is 81.8 Å². The van der Waals surface area contributed by atoms with Crippen molar-refractivity contribution in [2.75, 3.05) is 25.0 Å². The molecular formula is C28H35N5S. The Morgan fingerprint density at radius 3 is 2.50 bits per heavy atom. The molecule has 0 saturated heterocycles. The van der Waals surface area contributed by atoms with Gasteiger partial charge < -0.3 is 14.8 Å². The highest BCUT2D eigenvalue weighted by Gasteiger charge is 2.14. The van der Waals surface area contributed by atoms with E-state index in [0.717, 1.165) is 60.0 Å². The lowest BCUT2D eigenvalue weighted by molar-refractivity contribution is 0.291. The fraction of sp³-hybridized carbons (Fsp3) is 0.357. The molecule has 0 radical (unpaired) electrons. The number of aromatic nitrogens is 2. The molecule has 0 bridgehead atoms. The van der Waals surface area contributed by atoms with E-state index in [1.807, 2.05) is 17.5 Å². The molecule has 0 saturated carbocycles. The molecule has 4 rings (SSSR count). The zero-order valence-electron chi connectivity index (χ0n) is 20.6. The molecule has 0 aliphatic carbocycles. The van der Waals surface area contributed by atoms with Crippen molar-refractivity contribution in [3.63, 3.8) is 0 Å². The van der Waals surface area contributed by atoms with Gasteiger partial charge in [0, 0.05) is 25.2 Å². The summed E-state index contributed by atoms with van der Waals surface area (Å²) in [6.45, 7) is 12.9. The molecule has 2 aromatic carbocycles. The van der Waals surface area contributed by atoms with Crippen LogP contribution in [0.25, 0.3) is 11.0 Å². The molecule has 0 fully saturated rings. The first-order chi connectivity index (χ1) is 16.5. The van der Waals surface area contributed by atoms with Crippen molar-refractivity contribution >= 4 is 33.9 Å². The summed E-state index contributed by atoms with van der Waals surface area (Å²) in [6, 6.07) is 19.1. The van der Waals surface area contributed by atoms with E-state index in [0.29, 0.717) is 11.8 Å². The largest absolute Gasteiger partial charge is 0.339 e. The second-order valence-corrected chi connectivity index (χ2v) is 9.91. The number of benzene rings is 2. The van der Waals surface area contributed by atoms with Crippen molar-refractivity contribution in [2.24, 2.45) is 0 Å². The predicted octanol–water partition coefficient (Wildman–Crippen LogP) is 6.59. The highest BCUT2D eigenvalue weighted by atomic mass is 32.1. The normalized spacial score (nSPS) is 11.6. The molecule has 6 heteroatoms. The summed E-state index contributed by atoms with van der Waals surface area (Å²) in [6.07, 6.45) is 0.805. The van der Waals surface area contributed by atoms with Gasteiger partial charge in [0.25, 0.3) is 0 Å². The minimum absolute atomic E-state index is 0.417. The maximum atomic E-state index is 8.36. The van der Waals surface area contributed by atoms with E-state index in [4.69, 9.17) is 10.4 Å². The van der Waals surface area contributed by atoms with Crippen LogP contribution >= 0.6 is 11.3 Å². The van der Waals surface area contributed by atoms with Crippen LogP contribution in [0.2, 0.25) is 0 Å². The molecule has 2 N–H and O–H groups in total. The van der Waals surface area contributed by atoms with E-state index in [1.54, 1.807) is 11.3 Å². The van der Waals surface area contributed by atoms with Crippen LogP contribution in [0.15, 0.2) is 60.0 Å². The van der Waals surface area contributed by atoms with Crippen molar-refractivity contribution in [1.82, 2.24) is 14.5 Å². The molecule has 0 aliphatic rings. The van der Waals surface area contributed by atoms with Gasteiger partial charge in [-0.25, -0.2) is 4.98 Å². The molecule has 0 atom stereocenters. The molecule has 2 aromatic heterocycles. The van der Waals surface area contributed by atoms with E-state index < -0.39 is 0 Å². The summed E-state index contributed by atoms with van der Waals surface area (Å²) in [5.41, 5.74) is 5.66. The Hall–Kier alpha value is -2.96. The average Bonchev–Trinajstić information content (AvgIpc) is 3.48. The number of hydrogen-bond acceptors (Lipinski definition) is 4. The first-order valence-electron chi connectivity index (χ1n) is 12.2. The third kappa shape index (κ3) is 5.57. The van der Waals surface area contributed by atoms with Gasteiger partial charge in [-0.2, -0.15) is 0 Å². The van der Waals surface area contributed by atoms with Gasteiger partial charge in [0.2, 0.25) is 0 Å². The van der Waals surface area contributed by atoms with Crippen molar-refractivity contribution < 1.29 is 0 Å². The fourth-order valence-electron chi connectivity index (χ4n) is 4.25. The van der Waals surface area contributed by atoms with Crippen molar-refractivity contribution in [2.45, 2.75) is 46.6 Å². The van der Waals surface area contributed by atoms with Gasteiger partial charge in [0.15, 0.2) is 0 Å². The fourth-order valence-corrected chi connectivity index (χ4v) is 4.88. The number of amidine groups is 1. The highest BCUT2D eigenvalue weighted by molar-refractivity contribution is 7.12. The summed E-state index contributed by atoms with van der Waals surface area (Å²) in [5, 5.41) is 13.6. The summed E-state index contributed by atoms with van der Waals surface area (Å²) < 4.78 is 2.37. The van der Waals surface area contributed by atoms with Gasteiger partial charge >= 0.3 is 0 Å². The summed E-state index contributed by atoms with van der Waals surface area (Å²) in [5.74, 6) is 2.04. The Kier molecular flexibility index (Phi) is 7.80. The number of nitrogens with zero attached hydrogens (tertiary/aromatic N) is 3. The van der Waals surface area contributed by atoms with Crippen LogP contribution in [0.3, 0.4) is 0 Å². The Bertz CT molecular complexity index is 1220. The molecule has 4 aromatic rings. The molecular weight excluding hydrogens is 438 g/mol. The monoisotopic (exact) mass is 473 g/mol. The van der Waals surface area contributed by atoms with Crippen molar-refractivity contribution in [3.8, 4) is 0 Å². The van der Waals surface area contributed by atoms with E-state index in [9.17, 15) is 0 Å². The minimum Gasteiger partial charge on any atom is -0.339 e. The number of hydrogen-bond donors (Lipinski definition) is 2. The van der Waals surface area contributed by atoms with Crippen LogP contribution in [0, 0.1) is 5.41 Å². The van der Waals surface area contributed by atoms with E-state index in [1.165, 1.54) is 11.1 Å². The lowest BCUT2D eigenvalue weighted by Gasteiger charge is -2.19. The van der Waals surface area contributed by atoms with Crippen LogP contribution in [0.1, 0.15) is 55.4 Å². The van der Waals surface area contributed by atoms with Gasteiger partial charge in [-0.1, -0.05) is 58.0 Å². The zero-order chi connectivity index (χ0) is 24.1. The number of rotatable bonds is 10. The zero-order valence-corrected chi connectivity index (χ0v) is 21.5. The first kappa shape index (κ1) is 24.2. The molecule has 178 valence electrons. The Labute approximate surface area is 207 Å². The van der Waals surface area contributed by atoms with Gasteiger partial charge in [0.1, 0.15) is 11.7 Å². The Morgan fingerprint density at radius 2 is 1.85 bits per heavy atom. The number of anilines is 1. The van der Waals surface area contributed by atoms with Gasteiger partial charge in [0.05, 0.1) is 15.9 Å². The highest BCUT2D eigenvalue weighted by Crippen LogP contribution is 2.24. The molecule has 0 amide bonds. The second-order valence-electron chi connectivity index (χ2n) is 8.96. The number of imidazole rings is 1. The maximum absolute atomic E-state index is 8.36. The maximum Gasteiger partial charge on any atom is 0.140 e. The first-order valence-corrected chi connectivity index (χ1v) is 13.1. The summed E-state index contributed by atoms with van der Waals surface area (Å²) in [4.78, 5) is 8.44.